The van der Waals surface area contributed by atoms with E-state index in [-0.39, 0.29) is 0 Å². The number of aromatic nitrogens is 4. The van der Waals surface area contributed by atoms with Gasteiger partial charge in [-0.15, -0.1) is 0 Å². The molecule has 6 heteroatoms. The van der Waals surface area contributed by atoms with Crippen LogP contribution in [0.5, 0.6) is 5.75 Å². The minimum atomic E-state index is 0.659. The number of fused-ring (bicyclic) bond motifs is 11. The van der Waals surface area contributed by atoms with Crippen molar-refractivity contribution in [1.82, 2.24) is 19.1 Å². The monoisotopic (exact) mass is 642 g/mol. The lowest BCUT2D eigenvalue weighted by Crippen LogP contribution is -2.12. The van der Waals surface area contributed by atoms with E-state index in [1.807, 2.05) is 24.3 Å². The maximum Gasteiger partial charge on any atom is 0.235 e. The van der Waals surface area contributed by atoms with Crippen LogP contribution in [0.3, 0.4) is 0 Å². The molecule has 10 aromatic rings. The van der Waals surface area contributed by atoms with Gasteiger partial charge in [-0.1, -0.05) is 72.8 Å². The van der Waals surface area contributed by atoms with Crippen LogP contribution in [0.2, 0.25) is 0 Å². The highest BCUT2D eigenvalue weighted by atomic mass is 16.5. The van der Waals surface area contributed by atoms with Gasteiger partial charge in [0.1, 0.15) is 22.7 Å². The maximum absolute atomic E-state index is 6.37. The summed E-state index contributed by atoms with van der Waals surface area (Å²) >= 11 is 0. The van der Waals surface area contributed by atoms with Gasteiger partial charge in [0.05, 0.1) is 38.7 Å². The molecule has 50 heavy (non-hydrogen) atoms. The molecule has 12 rings (SSSR count). The number of furan rings is 1. The van der Waals surface area contributed by atoms with Crippen LogP contribution < -0.4 is 4.74 Å². The van der Waals surface area contributed by atoms with Crippen LogP contribution in [0.25, 0.3) is 93.7 Å². The highest BCUT2D eigenvalue weighted by Gasteiger charge is 2.28. The van der Waals surface area contributed by atoms with Crippen LogP contribution in [0, 0.1) is 0 Å². The van der Waals surface area contributed by atoms with E-state index >= 15 is 0 Å². The van der Waals surface area contributed by atoms with Crippen LogP contribution in [0.15, 0.2) is 144 Å². The SMILES string of the molecule is C1=CC2=C(CC1)c1nc(-n3c4ccccc4c4ccc5c(c6ccccc6n5-c5ccc6c(c5)oc5ccccc56)c43)nc3cccc(c13)O2. The zero-order chi connectivity index (χ0) is 32.5. The number of nitrogens with zero attached hydrogens (tertiary/aromatic N) is 4. The largest absolute Gasteiger partial charge is 0.456 e. The fourth-order valence-electron chi connectivity index (χ4n) is 8.48. The van der Waals surface area contributed by atoms with E-state index in [4.69, 9.17) is 19.1 Å². The highest BCUT2D eigenvalue weighted by molar-refractivity contribution is 6.26. The first-order valence-corrected chi connectivity index (χ1v) is 17.1. The molecule has 0 saturated heterocycles. The van der Waals surface area contributed by atoms with Crippen LogP contribution in [0.4, 0.5) is 0 Å². The Morgan fingerprint density at radius 1 is 0.580 bits per heavy atom. The molecule has 0 N–H and O–H groups in total. The third kappa shape index (κ3) is 3.37. The van der Waals surface area contributed by atoms with E-state index in [1.54, 1.807) is 0 Å². The molecule has 0 saturated carbocycles. The normalized spacial score (nSPS) is 14.2. The molecule has 0 unspecified atom stereocenters. The molecule has 2 aliphatic rings. The lowest BCUT2D eigenvalue weighted by molar-refractivity contribution is 0.443. The predicted octanol–water partition coefficient (Wildman–Crippen LogP) is 11.2. The lowest BCUT2D eigenvalue weighted by atomic mass is 9.95. The number of allylic oxidation sites excluding steroid dienone is 3. The molecule has 5 heterocycles. The molecule has 6 aromatic carbocycles. The summed E-state index contributed by atoms with van der Waals surface area (Å²) in [7, 11) is 0. The van der Waals surface area contributed by atoms with E-state index < -0.39 is 0 Å². The van der Waals surface area contributed by atoms with Gasteiger partial charge in [0.2, 0.25) is 5.95 Å². The number of hydrogen-bond donors (Lipinski definition) is 0. The number of benzene rings is 6. The van der Waals surface area contributed by atoms with Crippen molar-refractivity contribution in [2.75, 3.05) is 0 Å². The first kappa shape index (κ1) is 26.3. The van der Waals surface area contributed by atoms with Crippen molar-refractivity contribution < 1.29 is 9.15 Å². The fraction of sp³-hybridized carbons (Fsp3) is 0.0455. The zero-order valence-corrected chi connectivity index (χ0v) is 26.7. The van der Waals surface area contributed by atoms with Crippen LogP contribution in [-0.2, 0) is 0 Å². The Morgan fingerprint density at radius 2 is 1.36 bits per heavy atom. The molecule has 1 aliphatic heterocycles. The molecule has 0 radical (unpaired) electrons. The summed E-state index contributed by atoms with van der Waals surface area (Å²) in [4.78, 5) is 10.7. The van der Waals surface area contributed by atoms with Crippen molar-refractivity contribution in [3.05, 3.63) is 145 Å². The van der Waals surface area contributed by atoms with Gasteiger partial charge in [0, 0.05) is 49.6 Å². The molecule has 1 aliphatic carbocycles. The number of hydrogen-bond acceptors (Lipinski definition) is 4. The van der Waals surface area contributed by atoms with Crippen LogP contribution >= 0.6 is 0 Å². The number of ether oxygens (including phenoxy) is 1. The van der Waals surface area contributed by atoms with Crippen molar-refractivity contribution in [3.63, 3.8) is 0 Å². The van der Waals surface area contributed by atoms with Crippen molar-refractivity contribution in [2.45, 2.75) is 12.8 Å². The van der Waals surface area contributed by atoms with E-state index in [1.165, 1.54) is 16.2 Å². The van der Waals surface area contributed by atoms with Gasteiger partial charge in [-0.25, -0.2) is 9.97 Å². The standard InChI is InChI=1S/C44H26N4O2/c1-5-15-33-26(10-1)29-22-23-35-40(30-12-2-6-16-34(30)47(35)25-20-21-28-27-11-3-7-17-36(27)50-39(28)24-25)43(29)48(33)44-45-32-14-9-19-38-41(32)42(46-44)31-13-4-8-18-37(31)49-38/h1-3,5-12,14-24H,4,13H2. The maximum atomic E-state index is 6.37. The third-order valence-electron chi connectivity index (χ3n) is 10.6. The quantitative estimate of drug-likeness (QED) is 0.188. The number of rotatable bonds is 2. The summed E-state index contributed by atoms with van der Waals surface area (Å²) in [5.74, 6) is 2.35. The van der Waals surface area contributed by atoms with Crippen molar-refractivity contribution in [2.24, 2.45) is 0 Å². The van der Waals surface area contributed by atoms with Gasteiger partial charge in [0.25, 0.3) is 0 Å². The molecular weight excluding hydrogens is 617 g/mol. The minimum Gasteiger partial charge on any atom is -0.456 e. The predicted molar refractivity (Wildman–Crippen MR) is 201 cm³/mol. The van der Waals surface area contributed by atoms with Gasteiger partial charge < -0.3 is 13.7 Å². The summed E-state index contributed by atoms with van der Waals surface area (Å²) in [5.41, 5.74) is 10.2. The Labute approximate surface area is 284 Å². The van der Waals surface area contributed by atoms with E-state index in [9.17, 15) is 0 Å². The molecule has 4 aromatic heterocycles. The average Bonchev–Trinajstić information content (AvgIpc) is 3.82. The van der Waals surface area contributed by atoms with Crippen LogP contribution in [0.1, 0.15) is 18.5 Å². The Morgan fingerprint density at radius 3 is 2.28 bits per heavy atom. The molecule has 0 bridgehead atoms. The Balaban J connectivity index is 1.21. The first-order chi connectivity index (χ1) is 24.8. The molecule has 0 fully saturated rings. The Kier molecular flexibility index (Phi) is 4.99. The molecule has 0 amide bonds. The second-order valence-electron chi connectivity index (χ2n) is 13.2. The average molecular weight is 643 g/mol. The van der Waals surface area contributed by atoms with Crippen molar-refractivity contribution in [3.8, 4) is 17.4 Å². The van der Waals surface area contributed by atoms with Gasteiger partial charge in [-0.2, -0.15) is 0 Å². The van der Waals surface area contributed by atoms with Gasteiger partial charge in [-0.3, -0.25) is 4.57 Å². The molecule has 0 atom stereocenters. The summed E-state index contributed by atoms with van der Waals surface area (Å²) in [6, 6.07) is 42.7. The van der Waals surface area contributed by atoms with Crippen molar-refractivity contribution >= 4 is 82.0 Å². The molecule has 6 nitrogen and oxygen atoms in total. The first-order valence-electron chi connectivity index (χ1n) is 17.1. The van der Waals surface area contributed by atoms with E-state index in [0.717, 1.165) is 102 Å². The Hall–Kier alpha value is -6.66. The van der Waals surface area contributed by atoms with Crippen molar-refractivity contribution in [1.29, 1.82) is 0 Å². The Bertz CT molecular complexity index is 3190. The van der Waals surface area contributed by atoms with Gasteiger partial charge in [-0.05, 0) is 67.4 Å². The topological polar surface area (TPSA) is 58.0 Å². The third-order valence-corrected chi connectivity index (χ3v) is 10.6. The minimum absolute atomic E-state index is 0.659. The molecule has 234 valence electrons. The van der Waals surface area contributed by atoms with E-state index in [2.05, 4.69) is 118 Å². The summed E-state index contributed by atoms with van der Waals surface area (Å²) in [6.45, 7) is 0. The summed E-state index contributed by atoms with van der Waals surface area (Å²) in [5, 5.41) is 7.89. The number of para-hydroxylation sites is 3. The highest BCUT2D eigenvalue weighted by Crippen LogP contribution is 2.45. The second kappa shape index (κ2) is 9.49. The van der Waals surface area contributed by atoms with Gasteiger partial charge in [0.15, 0.2) is 0 Å². The lowest BCUT2D eigenvalue weighted by Gasteiger charge is -2.24. The summed E-state index contributed by atoms with van der Waals surface area (Å²) < 4.78 is 17.4. The zero-order valence-electron chi connectivity index (χ0n) is 26.7. The fourth-order valence-corrected chi connectivity index (χ4v) is 8.48. The molecule has 0 spiro atoms. The smallest absolute Gasteiger partial charge is 0.235 e. The second-order valence-corrected chi connectivity index (χ2v) is 13.2. The van der Waals surface area contributed by atoms with E-state index in [0.29, 0.717) is 5.95 Å². The van der Waals surface area contributed by atoms with Gasteiger partial charge >= 0.3 is 0 Å². The van der Waals surface area contributed by atoms with Crippen LogP contribution in [-0.4, -0.2) is 19.1 Å². The summed E-state index contributed by atoms with van der Waals surface area (Å²) in [6.07, 6.45) is 6.11. The molecular formula is C44H26N4O2.